The van der Waals surface area contributed by atoms with Crippen molar-refractivity contribution in [2.75, 3.05) is 7.11 Å². The lowest BCUT2D eigenvalue weighted by atomic mass is 10.1. The van der Waals surface area contributed by atoms with Crippen LogP contribution in [-0.4, -0.2) is 24.9 Å². The summed E-state index contributed by atoms with van der Waals surface area (Å²) in [6, 6.07) is 10.4. The van der Waals surface area contributed by atoms with Crippen LogP contribution in [-0.2, 0) is 14.3 Å². The Hall–Kier alpha value is -2.64. The molecule has 0 spiro atoms. The monoisotopic (exact) mass is 449 g/mol. The van der Waals surface area contributed by atoms with Crippen LogP contribution in [0.15, 0.2) is 51.6 Å². The molecule has 0 radical (unpaired) electrons. The minimum Gasteiger partial charge on any atom is -0.493 e. The molecule has 2 aromatic rings. The molecule has 0 atom stereocenters. The van der Waals surface area contributed by atoms with Gasteiger partial charge in [0.15, 0.2) is 17.2 Å². The first-order valence-electron chi connectivity index (χ1n) is 7.72. The molecule has 0 saturated heterocycles. The number of nitrogens with zero attached hydrogens (tertiary/aromatic N) is 1. The van der Waals surface area contributed by atoms with Gasteiger partial charge in [-0.25, -0.2) is 9.79 Å². The summed E-state index contributed by atoms with van der Waals surface area (Å²) >= 11 is 9.54. The molecule has 8 heteroatoms. The quantitative estimate of drug-likeness (QED) is 0.393. The molecule has 0 aromatic heterocycles. The molecule has 138 valence electrons. The fourth-order valence-corrected chi connectivity index (χ4v) is 3.03. The maximum absolute atomic E-state index is 12.1. The lowest BCUT2D eigenvalue weighted by molar-refractivity contribution is -0.132. The molecule has 0 bridgehead atoms. The molecule has 0 aliphatic carbocycles. The van der Waals surface area contributed by atoms with Crippen molar-refractivity contribution in [1.29, 1.82) is 0 Å². The van der Waals surface area contributed by atoms with Crippen LogP contribution in [0, 0.1) is 0 Å². The molecular formula is C19H13BrClNO5. The standard InChI is InChI=1S/C19H13BrClNO5/c1-10(23)26-17-14(21)6-11(8-16(17)25-2)7-15-19(24)27-18(22-15)12-4-3-5-13(20)9-12/h3-9H,1-2H3/b15-7-. The number of carbonyl (C=O) groups is 2. The number of hydrogen-bond donors (Lipinski definition) is 0. The zero-order valence-corrected chi connectivity index (χ0v) is 16.6. The molecule has 0 unspecified atom stereocenters. The third kappa shape index (κ3) is 4.37. The zero-order valence-electron chi connectivity index (χ0n) is 14.3. The van der Waals surface area contributed by atoms with Gasteiger partial charge in [-0.3, -0.25) is 4.79 Å². The van der Waals surface area contributed by atoms with E-state index in [2.05, 4.69) is 20.9 Å². The van der Waals surface area contributed by atoms with Gasteiger partial charge in [-0.15, -0.1) is 0 Å². The number of aliphatic imine (C=N–C) groups is 1. The van der Waals surface area contributed by atoms with E-state index in [1.54, 1.807) is 18.2 Å². The Morgan fingerprint density at radius 2 is 2.07 bits per heavy atom. The van der Waals surface area contributed by atoms with Crippen molar-refractivity contribution in [3.63, 3.8) is 0 Å². The van der Waals surface area contributed by atoms with Gasteiger partial charge in [-0.2, -0.15) is 0 Å². The van der Waals surface area contributed by atoms with Gasteiger partial charge < -0.3 is 14.2 Å². The van der Waals surface area contributed by atoms with Gasteiger partial charge >= 0.3 is 11.9 Å². The van der Waals surface area contributed by atoms with Gasteiger partial charge in [0.2, 0.25) is 5.90 Å². The van der Waals surface area contributed by atoms with Gasteiger partial charge in [0, 0.05) is 17.0 Å². The highest BCUT2D eigenvalue weighted by Crippen LogP contribution is 2.37. The summed E-state index contributed by atoms with van der Waals surface area (Å²) in [4.78, 5) is 27.6. The Balaban J connectivity index is 1.97. The van der Waals surface area contributed by atoms with E-state index in [1.807, 2.05) is 12.1 Å². The first-order chi connectivity index (χ1) is 12.9. The second kappa shape index (κ2) is 7.94. The van der Waals surface area contributed by atoms with E-state index in [1.165, 1.54) is 26.2 Å². The number of rotatable bonds is 4. The largest absolute Gasteiger partial charge is 0.493 e. The van der Waals surface area contributed by atoms with Crippen LogP contribution in [0.4, 0.5) is 0 Å². The number of hydrogen-bond acceptors (Lipinski definition) is 6. The molecule has 1 aliphatic heterocycles. The second-order valence-corrected chi connectivity index (χ2v) is 6.80. The van der Waals surface area contributed by atoms with Crippen LogP contribution < -0.4 is 9.47 Å². The van der Waals surface area contributed by atoms with Gasteiger partial charge in [0.05, 0.1) is 12.1 Å². The molecule has 0 amide bonds. The Morgan fingerprint density at radius 1 is 1.30 bits per heavy atom. The van der Waals surface area contributed by atoms with Crippen LogP contribution in [0.5, 0.6) is 11.5 Å². The van der Waals surface area contributed by atoms with E-state index in [0.717, 1.165) is 4.47 Å². The Morgan fingerprint density at radius 3 is 2.74 bits per heavy atom. The molecule has 1 heterocycles. The average molecular weight is 451 g/mol. The van der Waals surface area contributed by atoms with Crippen LogP contribution in [0.2, 0.25) is 5.02 Å². The summed E-state index contributed by atoms with van der Waals surface area (Å²) in [5.74, 6) is -0.525. The summed E-state index contributed by atoms with van der Waals surface area (Å²) in [7, 11) is 1.42. The zero-order chi connectivity index (χ0) is 19.6. The number of carbonyl (C=O) groups excluding carboxylic acids is 2. The maximum atomic E-state index is 12.1. The first kappa shape index (κ1) is 19.1. The number of halogens is 2. The van der Waals surface area contributed by atoms with E-state index < -0.39 is 11.9 Å². The van der Waals surface area contributed by atoms with E-state index in [0.29, 0.717) is 11.1 Å². The number of benzene rings is 2. The molecule has 2 aromatic carbocycles. The molecule has 27 heavy (non-hydrogen) atoms. The summed E-state index contributed by atoms with van der Waals surface area (Å²) in [6.45, 7) is 1.26. The number of methoxy groups -OCH3 is 1. The van der Waals surface area contributed by atoms with Crippen LogP contribution in [0.1, 0.15) is 18.1 Å². The summed E-state index contributed by atoms with van der Waals surface area (Å²) < 4.78 is 16.4. The molecule has 0 saturated carbocycles. The SMILES string of the molecule is COc1cc(/C=C2\N=C(c3cccc(Br)c3)OC2=O)cc(Cl)c1OC(C)=O. The van der Waals surface area contributed by atoms with Crippen molar-refractivity contribution >= 4 is 51.4 Å². The maximum Gasteiger partial charge on any atom is 0.363 e. The second-order valence-electron chi connectivity index (χ2n) is 5.47. The van der Waals surface area contributed by atoms with E-state index in [-0.39, 0.29) is 28.1 Å². The normalized spacial score (nSPS) is 14.7. The Kier molecular flexibility index (Phi) is 5.62. The van der Waals surface area contributed by atoms with E-state index >= 15 is 0 Å². The smallest absolute Gasteiger partial charge is 0.363 e. The molecule has 0 N–H and O–H groups in total. The number of cyclic esters (lactones) is 1. The van der Waals surface area contributed by atoms with Crippen molar-refractivity contribution in [2.24, 2.45) is 4.99 Å². The fraction of sp³-hybridized carbons (Fsp3) is 0.105. The first-order valence-corrected chi connectivity index (χ1v) is 8.89. The van der Waals surface area contributed by atoms with E-state index in [9.17, 15) is 9.59 Å². The summed E-state index contributed by atoms with van der Waals surface area (Å²) in [6.07, 6.45) is 1.51. The lowest BCUT2D eigenvalue weighted by Crippen LogP contribution is -2.05. The molecule has 0 fully saturated rings. The third-order valence-electron chi connectivity index (χ3n) is 3.49. The molecule has 6 nitrogen and oxygen atoms in total. The minimum absolute atomic E-state index is 0.112. The van der Waals surface area contributed by atoms with Crippen LogP contribution in [0.25, 0.3) is 6.08 Å². The molecular weight excluding hydrogens is 438 g/mol. The van der Waals surface area contributed by atoms with E-state index in [4.69, 9.17) is 25.8 Å². The fourth-order valence-electron chi connectivity index (χ4n) is 2.38. The van der Waals surface area contributed by atoms with Crippen LogP contribution in [0.3, 0.4) is 0 Å². The minimum atomic E-state index is -0.580. The highest BCUT2D eigenvalue weighted by molar-refractivity contribution is 9.10. The number of ether oxygens (including phenoxy) is 3. The highest BCUT2D eigenvalue weighted by atomic mass is 79.9. The van der Waals surface area contributed by atoms with Crippen LogP contribution >= 0.6 is 27.5 Å². The molecule has 3 rings (SSSR count). The summed E-state index contributed by atoms with van der Waals surface area (Å²) in [5.41, 5.74) is 1.32. The van der Waals surface area contributed by atoms with Gasteiger partial charge in [0.25, 0.3) is 0 Å². The van der Waals surface area contributed by atoms with Crippen molar-refractivity contribution in [2.45, 2.75) is 6.92 Å². The predicted octanol–water partition coefficient (Wildman–Crippen LogP) is 4.38. The highest BCUT2D eigenvalue weighted by Gasteiger charge is 2.24. The topological polar surface area (TPSA) is 74.2 Å². The predicted molar refractivity (Wildman–Crippen MR) is 104 cm³/mol. The average Bonchev–Trinajstić information content (AvgIpc) is 2.97. The van der Waals surface area contributed by atoms with Gasteiger partial charge in [-0.05, 0) is 42.0 Å². The van der Waals surface area contributed by atoms with Gasteiger partial charge in [0.1, 0.15) is 0 Å². The Bertz CT molecular complexity index is 1000. The number of esters is 2. The Labute approximate surface area is 168 Å². The molecule has 1 aliphatic rings. The van der Waals surface area contributed by atoms with Crippen molar-refractivity contribution in [3.8, 4) is 11.5 Å². The van der Waals surface area contributed by atoms with Crippen molar-refractivity contribution < 1.29 is 23.8 Å². The summed E-state index contributed by atoms with van der Waals surface area (Å²) in [5, 5.41) is 0.166. The van der Waals surface area contributed by atoms with Gasteiger partial charge in [-0.1, -0.05) is 33.6 Å². The lowest BCUT2D eigenvalue weighted by Gasteiger charge is -2.10. The third-order valence-corrected chi connectivity index (χ3v) is 4.27. The van der Waals surface area contributed by atoms with Crippen molar-refractivity contribution in [1.82, 2.24) is 0 Å². The van der Waals surface area contributed by atoms with Crippen molar-refractivity contribution in [3.05, 3.63) is 62.7 Å².